The monoisotopic (exact) mass is 270 g/mol. The van der Waals surface area contributed by atoms with E-state index in [0.29, 0.717) is 12.3 Å². The minimum atomic E-state index is 0.253. The van der Waals surface area contributed by atoms with Crippen molar-refractivity contribution in [2.75, 3.05) is 0 Å². The van der Waals surface area contributed by atoms with Crippen LogP contribution in [0.4, 0.5) is 5.69 Å². The zero-order valence-corrected chi connectivity index (χ0v) is 11.1. The van der Waals surface area contributed by atoms with Gasteiger partial charge in [0.1, 0.15) is 5.84 Å². The van der Waals surface area contributed by atoms with E-state index in [1.807, 2.05) is 36.4 Å². The lowest BCUT2D eigenvalue weighted by Gasteiger charge is -2.15. The summed E-state index contributed by atoms with van der Waals surface area (Å²) in [6, 6.07) is 18.3. The molecule has 2 aromatic carbocycles. The number of rotatable bonds is 1. The topological polar surface area (TPSA) is 44.6 Å². The zero-order chi connectivity index (χ0) is 13.1. The lowest BCUT2D eigenvalue weighted by molar-refractivity contribution is 0.231. The molecule has 0 saturated heterocycles. The second kappa shape index (κ2) is 5.47. The molecule has 1 heterocycles. The number of aliphatic imine (C=N–C) groups is 1. The number of amidine groups is 1. The molecule has 1 aliphatic rings. The van der Waals surface area contributed by atoms with Crippen LogP contribution in [0.15, 0.2) is 64.5 Å². The van der Waals surface area contributed by atoms with Gasteiger partial charge >= 0.3 is 0 Å². The summed E-state index contributed by atoms with van der Waals surface area (Å²) in [6.07, 6.45) is 0.680. The fourth-order valence-electron chi connectivity index (χ4n) is 2.13. The Bertz CT molecular complexity index is 598. The van der Waals surface area contributed by atoms with Gasteiger partial charge in [-0.15, -0.1) is 11.8 Å². The van der Waals surface area contributed by atoms with E-state index >= 15 is 0 Å². The minimum Gasteiger partial charge on any atom is -0.290 e. The van der Waals surface area contributed by atoms with Crippen LogP contribution in [0.25, 0.3) is 0 Å². The predicted molar refractivity (Wildman–Crippen MR) is 78.1 cm³/mol. The number of fused-ring (bicyclic) bond motifs is 1. The second-order valence-corrected chi connectivity index (χ2v) is 5.60. The predicted octanol–water partition coefficient (Wildman–Crippen LogP) is 3.93. The summed E-state index contributed by atoms with van der Waals surface area (Å²) < 4.78 is 0. The van der Waals surface area contributed by atoms with E-state index in [-0.39, 0.29) is 5.25 Å². The number of hydrogen-bond donors (Lipinski definition) is 2. The lowest BCUT2D eigenvalue weighted by Crippen LogP contribution is -2.20. The zero-order valence-electron chi connectivity index (χ0n) is 10.3. The Hall–Kier alpha value is -1.78. The molecule has 0 aliphatic carbocycles. The van der Waals surface area contributed by atoms with Gasteiger partial charge in [-0.3, -0.25) is 10.7 Å². The molecule has 2 aromatic rings. The summed E-state index contributed by atoms with van der Waals surface area (Å²) in [4.78, 5) is 5.61. The van der Waals surface area contributed by atoms with Crippen LogP contribution in [0.2, 0.25) is 0 Å². The molecular formula is C15H14N2OS. The highest BCUT2D eigenvalue weighted by Gasteiger charge is 2.20. The molecule has 0 fully saturated rings. The molecule has 0 saturated carbocycles. The van der Waals surface area contributed by atoms with E-state index in [2.05, 4.69) is 28.7 Å². The van der Waals surface area contributed by atoms with Gasteiger partial charge in [0.2, 0.25) is 0 Å². The average Bonchev–Trinajstić information content (AvgIpc) is 2.67. The molecule has 0 amide bonds. The third kappa shape index (κ3) is 2.64. The van der Waals surface area contributed by atoms with Crippen LogP contribution < -0.4 is 5.48 Å². The summed E-state index contributed by atoms with van der Waals surface area (Å²) in [5.74, 6) is 0.603. The summed E-state index contributed by atoms with van der Waals surface area (Å²) in [6.45, 7) is 0. The molecular weight excluding hydrogens is 256 g/mol. The van der Waals surface area contributed by atoms with Crippen LogP contribution >= 0.6 is 11.8 Å². The largest absolute Gasteiger partial charge is 0.290 e. The van der Waals surface area contributed by atoms with Gasteiger partial charge in [-0.2, -0.15) is 0 Å². The van der Waals surface area contributed by atoms with Gasteiger partial charge < -0.3 is 0 Å². The average molecular weight is 270 g/mol. The van der Waals surface area contributed by atoms with Crippen molar-refractivity contribution >= 4 is 23.3 Å². The summed E-state index contributed by atoms with van der Waals surface area (Å²) in [7, 11) is 0. The van der Waals surface area contributed by atoms with Gasteiger partial charge in [-0.25, -0.2) is 4.99 Å². The molecule has 0 aromatic heterocycles. The molecule has 0 spiro atoms. The van der Waals surface area contributed by atoms with Crippen molar-refractivity contribution in [3.63, 3.8) is 0 Å². The molecule has 2 N–H and O–H groups in total. The first kappa shape index (κ1) is 12.3. The normalized spacial score (nSPS) is 18.2. The van der Waals surface area contributed by atoms with Crippen LogP contribution in [-0.2, 0) is 0 Å². The number of para-hydroxylation sites is 1. The van der Waals surface area contributed by atoms with Gasteiger partial charge in [0.25, 0.3) is 0 Å². The van der Waals surface area contributed by atoms with E-state index in [9.17, 15) is 5.21 Å². The molecule has 96 valence electrons. The van der Waals surface area contributed by atoms with Gasteiger partial charge in [0, 0.05) is 16.6 Å². The number of nitrogens with one attached hydrogen (secondary N) is 1. The fourth-order valence-corrected chi connectivity index (χ4v) is 3.37. The van der Waals surface area contributed by atoms with Crippen molar-refractivity contribution in [1.29, 1.82) is 0 Å². The molecule has 1 atom stereocenters. The van der Waals surface area contributed by atoms with Gasteiger partial charge in [-0.1, -0.05) is 42.5 Å². The van der Waals surface area contributed by atoms with E-state index in [1.165, 1.54) is 5.56 Å². The molecule has 4 heteroatoms. The van der Waals surface area contributed by atoms with Crippen LogP contribution in [-0.4, -0.2) is 11.0 Å². The quantitative estimate of drug-likeness (QED) is 0.772. The first-order chi connectivity index (χ1) is 9.36. The first-order valence-corrected chi connectivity index (χ1v) is 7.03. The van der Waals surface area contributed by atoms with E-state index in [4.69, 9.17) is 0 Å². The molecule has 1 aliphatic heterocycles. The van der Waals surface area contributed by atoms with E-state index in [0.717, 1.165) is 10.6 Å². The van der Waals surface area contributed by atoms with Crippen molar-refractivity contribution in [3.8, 4) is 0 Å². The Balaban J connectivity index is 2.00. The maximum atomic E-state index is 9.22. The summed E-state index contributed by atoms with van der Waals surface area (Å²) in [5, 5.41) is 9.47. The Morgan fingerprint density at radius 1 is 1.05 bits per heavy atom. The second-order valence-electron chi connectivity index (χ2n) is 4.36. The molecule has 3 rings (SSSR count). The van der Waals surface area contributed by atoms with Gasteiger partial charge in [0.15, 0.2) is 0 Å². The molecule has 0 radical (unpaired) electrons. The highest BCUT2D eigenvalue weighted by atomic mass is 32.2. The Kier molecular flexibility index (Phi) is 3.53. The number of thioether (sulfide) groups is 1. The molecule has 0 bridgehead atoms. The summed E-state index contributed by atoms with van der Waals surface area (Å²) in [5.41, 5.74) is 4.37. The Labute approximate surface area is 116 Å². The van der Waals surface area contributed by atoms with E-state index < -0.39 is 0 Å². The standard InChI is InChI=1S/C15H14N2OS/c18-17-15-10-14(11-6-2-1-3-7-11)19-13-9-5-4-8-12(13)16-15/h1-9,14,18H,10H2,(H,16,17). The van der Waals surface area contributed by atoms with Gasteiger partial charge in [-0.05, 0) is 17.7 Å². The number of hydroxylamine groups is 1. The van der Waals surface area contributed by atoms with Gasteiger partial charge in [0.05, 0.1) is 5.69 Å². The third-order valence-corrected chi connectivity index (χ3v) is 4.39. The highest BCUT2D eigenvalue weighted by molar-refractivity contribution is 7.99. The number of hydrogen-bond acceptors (Lipinski definition) is 4. The molecule has 3 nitrogen and oxygen atoms in total. The van der Waals surface area contributed by atoms with Crippen LogP contribution in [0.5, 0.6) is 0 Å². The maximum Gasteiger partial charge on any atom is 0.127 e. The fraction of sp³-hybridized carbons (Fsp3) is 0.133. The van der Waals surface area contributed by atoms with Crippen molar-refractivity contribution in [2.24, 2.45) is 4.99 Å². The number of benzene rings is 2. The van der Waals surface area contributed by atoms with Crippen molar-refractivity contribution < 1.29 is 5.21 Å². The van der Waals surface area contributed by atoms with Crippen molar-refractivity contribution in [3.05, 3.63) is 60.2 Å². The Morgan fingerprint density at radius 2 is 1.79 bits per heavy atom. The third-order valence-electron chi connectivity index (χ3n) is 3.07. The lowest BCUT2D eigenvalue weighted by atomic mass is 10.1. The minimum absolute atomic E-state index is 0.253. The van der Waals surface area contributed by atoms with Crippen LogP contribution in [0.1, 0.15) is 17.2 Å². The molecule has 1 unspecified atom stereocenters. The maximum absolute atomic E-state index is 9.22. The number of nitrogens with zero attached hydrogens (tertiary/aromatic N) is 1. The van der Waals surface area contributed by atoms with E-state index in [1.54, 1.807) is 11.8 Å². The SMILES string of the molecule is ONC1=Nc2ccccc2SC(c2ccccc2)C1. The van der Waals surface area contributed by atoms with Crippen LogP contribution in [0, 0.1) is 0 Å². The first-order valence-electron chi connectivity index (χ1n) is 6.15. The van der Waals surface area contributed by atoms with Crippen LogP contribution in [0.3, 0.4) is 0 Å². The van der Waals surface area contributed by atoms with Crippen molar-refractivity contribution in [2.45, 2.75) is 16.6 Å². The Morgan fingerprint density at radius 3 is 2.58 bits per heavy atom. The molecule has 19 heavy (non-hydrogen) atoms. The smallest absolute Gasteiger partial charge is 0.127 e. The highest BCUT2D eigenvalue weighted by Crippen LogP contribution is 2.44. The summed E-state index contributed by atoms with van der Waals surface area (Å²) >= 11 is 1.78. The van der Waals surface area contributed by atoms with Crippen molar-refractivity contribution in [1.82, 2.24) is 5.48 Å².